The van der Waals surface area contributed by atoms with Crippen LogP contribution in [0.5, 0.6) is 5.75 Å². The first-order valence-electron chi connectivity index (χ1n) is 12.9. The summed E-state index contributed by atoms with van der Waals surface area (Å²) in [6, 6.07) is 4.83. The van der Waals surface area contributed by atoms with E-state index in [1.807, 2.05) is 22.5 Å². The molecule has 2 aromatic rings. The van der Waals surface area contributed by atoms with Crippen molar-refractivity contribution < 1.29 is 27.4 Å². The molecule has 1 fully saturated rings. The van der Waals surface area contributed by atoms with E-state index in [9.17, 15) is 18.0 Å². The molecule has 1 amide bonds. The van der Waals surface area contributed by atoms with Crippen molar-refractivity contribution in [3.8, 4) is 5.75 Å². The lowest BCUT2D eigenvalue weighted by Crippen LogP contribution is -2.30. The molecule has 6 nitrogen and oxygen atoms in total. The van der Waals surface area contributed by atoms with Gasteiger partial charge in [0.2, 0.25) is 0 Å². The second kappa shape index (κ2) is 10.9. The predicted molar refractivity (Wildman–Crippen MR) is 134 cm³/mol. The summed E-state index contributed by atoms with van der Waals surface area (Å²) in [5.41, 5.74) is 1.27. The number of allylic oxidation sites excluding steroid dienone is 1. The number of hydrogen-bond donors (Lipinski definition) is 0. The molecular formula is C28H36F3N3O3. The van der Waals surface area contributed by atoms with Crippen LogP contribution in [0.1, 0.15) is 80.9 Å². The summed E-state index contributed by atoms with van der Waals surface area (Å²) in [7, 11) is 1.90. The SMILES string of the molecule is Cn1c(C(C)(C)C)cc(=NC(=O)c2cc(C(F)(F)F)ccc2OCCC2=CCCC2)n1C[C@H]1CCCO1. The summed E-state index contributed by atoms with van der Waals surface area (Å²) in [6.07, 6.45) is 3.28. The first-order valence-corrected chi connectivity index (χ1v) is 12.9. The number of nitrogens with zero attached hydrogens (tertiary/aromatic N) is 3. The van der Waals surface area contributed by atoms with Gasteiger partial charge in [0.15, 0.2) is 5.49 Å². The molecule has 0 spiro atoms. The summed E-state index contributed by atoms with van der Waals surface area (Å²) in [6.45, 7) is 7.65. The molecule has 0 bridgehead atoms. The highest BCUT2D eigenvalue weighted by Gasteiger charge is 2.32. The lowest BCUT2D eigenvalue weighted by atomic mass is 9.92. The maximum Gasteiger partial charge on any atom is 0.416 e. The minimum atomic E-state index is -4.59. The lowest BCUT2D eigenvalue weighted by molar-refractivity contribution is -0.137. The van der Waals surface area contributed by atoms with Gasteiger partial charge >= 0.3 is 6.18 Å². The van der Waals surface area contributed by atoms with E-state index in [-0.39, 0.29) is 29.4 Å². The highest BCUT2D eigenvalue weighted by Crippen LogP contribution is 2.33. The Balaban J connectivity index is 1.71. The van der Waals surface area contributed by atoms with Crippen LogP contribution in [0.2, 0.25) is 0 Å². The Morgan fingerprint density at radius 2 is 1.97 bits per heavy atom. The fourth-order valence-electron chi connectivity index (χ4n) is 4.98. The second-order valence-corrected chi connectivity index (χ2v) is 10.9. The van der Waals surface area contributed by atoms with Crippen LogP contribution in [0.4, 0.5) is 13.2 Å². The van der Waals surface area contributed by atoms with Crippen molar-refractivity contribution >= 4 is 5.91 Å². The average molecular weight is 520 g/mol. The summed E-state index contributed by atoms with van der Waals surface area (Å²) in [4.78, 5) is 17.7. The van der Waals surface area contributed by atoms with Crippen molar-refractivity contribution in [1.29, 1.82) is 0 Å². The molecule has 1 aliphatic heterocycles. The van der Waals surface area contributed by atoms with Gasteiger partial charge in [-0.05, 0) is 50.3 Å². The molecule has 1 saturated heterocycles. The van der Waals surface area contributed by atoms with Crippen molar-refractivity contribution in [2.24, 2.45) is 12.0 Å². The zero-order valence-corrected chi connectivity index (χ0v) is 22.0. The zero-order chi connectivity index (χ0) is 26.8. The van der Waals surface area contributed by atoms with Gasteiger partial charge in [0, 0.05) is 37.3 Å². The summed E-state index contributed by atoms with van der Waals surface area (Å²) >= 11 is 0. The summed E-state index contributed by atoms with van der Waals surface area (Å²) in [5.74, 6) is -0.661. The number of carbonyl (C=O) groups is 1. The Kier molecular flexibility index (Phi) is 8.02. The number of ether oxygens (including phenoxy) is 2. The summed E-state index contributed by atoms with van der Waals surface area (Å²) < 4.78 is 56.0. The first-order chi connectivity index (χ1) is 17.4. The van der Waals surface area contributed by atoms with Crippen molar-refractivity contribution in [2.75, 3.05) is 13.2 Å². The molecule has 0 unspecified atom stereocenters. The van der Waals surface area contributed by atoms with Crippen molar-refractivity contribution in [3.05, 3.63) is 58.2 Å². The molecule has 0 radical (unpaired) electrons. The quantitative estimate of drug-likeness (QED) is 0.426. The molecule has 2 aliphatic rings. The van der Waals surface area contributed by atoms with E-state index in [2.05, 4.69) is 31.8 Å². The zero-order valence-electron chi connectivity index (χ0n) is 22.0. The molecule has 0 saturated carbocycles. The Hall–Kier alpha value is -2.81. The van der Waals surface area contributed by atoms with Crippen LogP contribution >= 0.6 is 0 Å². The molecule has 1 aromatic carbocycles. The van der Waals surface area contributed by atoms with Crippen LogP contribution in [0.15, 0.2) is 40.9 Å². The molecular weight excluding hydrogens is 483 g/mol. The van der Waals surface area contributed by atoms with Crippen LogP contribution in [0, 0.1) is 0 Å². The van der Waals surface area contributed by atoms with Gasteiger partial charge in [-0.1, -0.05) is 32.4 Å². The van der Waals surface area contributed by atoms with Crippen molar-refractivity contribution in [2.45, 2.75) is 83.5 Å². The van der Waals surface area contributed by atoms with E-state index in [1.54, 1.807) is 0 Å². The summed E-state index contributed by atoms with van der Waals surface area (Å²) in [5, 5.41) is 0. The van der Waals surface area contributed by atoms with Crippen LogP contribution in [-0.4, -0.2) is 34.6 Å². The Bertz CT molecular complexity index is 1230. The molecule has 4 rings (SSSR count). The van der Waals surface area contributed by atoms with E-state index in [1.165, 1.54) is 11.6 Å². The maximum absolute atomic E-state index is 13.5. The number of alkyl halides is 3. The predicted octanol–water partition coefficient (Wildman–Crippen LogP) is 5.94. The number of hydrogen-bond acceptors (Lipinski definition) is 3. The number of carbonyl (C=O) groups excluding carboxylic acids is 1. The molecule has 1 aromatic heterocycles. The van der Waals surface area contributed by atoms with Crippen LogP contribution in [0.25, 0.3) is 0 Å². The van der Waals surface area contributed by atoms with E-state index in [0.717, 1.165) is 49.9 Å². The van der Waals surface area contributed by atoms with Crippen LogP contribution < -0.4 is 10.2 Å². The number of aromatic nitrogens is 2. The van der Waals surface area contributed by atoms with Crippen LogP contribution in [-0.2, 0) is 29.9 Å². The van der Waals surface area contributed by atoms with Gasteiger partial charge in [-0.3, -0.25) is 14.2 Å². The van der Waals surface area contributed by atoms with Crippen molar-refractivity contribution in [1.82, 2.24) is 9.36 Å². The van der Waals surface area contributed by atoms with E-state index in [0.29, 0.717) is 25.1 Å². The third kappa shape index (κ3) is 6.55. The fourth-order valence-corrected chi connectivity index (χ4v) is 4.98. The number of benzene rings is 1. The minimum Gasteiger partial charge on any atom is -0.492 e. The maximum atomic E-state index is 13.5. The normalized spacial score (nSPS) is 18.9. The monoisotopic (exact) mass is 519 g/mol. The molecule has 1 atom stereocenters. The van der Waals surface area contributed by atoms with Gasteiger partial charge in [0.05, 0.1) is 30.4 Å². The number of rotatable bonds is 7. The van der Waals surface area contributed by atoms with Gasteiger partial charge in [0.1, 0.15) is 5.75 Å². The highest BCUT2D eigenvalue weighted by atomic mass is 19.4. The van der Waals surface area contributed by atoms with E-state index < -0.39 is 17.6 Å². The molecule has 2 heterocycles. The Labute approximate surface area is 215 Å². The van der Waals surface area contributed by atoms with Crippen molar-refractivity contribution in [3.63, 3.8) is 0 Å². The Morgan fingerprint density at radius 1 is 1.19 bits per heavy atom. The fraction of sp³-hybridized carbons (Fsp3) is 0.571. The van der Waals surface area contributed by atoms with Gasteiger partial charge in [0.25, 0.3) is 5.91 Å². The third-order valence-corrected chi connectivity index (χ3v) is 6.98. The second-order valence-electron chi connectivity index (χ2n) is 10.9. The smallest absolute Gasteiger partial charge is 0.416 e. The molecule has 1 aliphatic carbocycles. The van der Waals surface area contributed by atoms with Crippen LogP contribution in [0.3, 0.4) is 0 Å². The highest BCUT2D eigenvalue weighted by molar-refractivity contribution is 5.97. The van der Waals surface area contributed by atoms with E-state index >= 15 is 0 Å². The minimum absolute atomic E-state index is 0.00665. The number of amides is 1. The first kappa shape index (κ1) is 27.2. The van der Waals surface area contributed by atoms with Gasteiger partial charge in [-0.25, -0.2) is 0 Å². The van der Waals surface area contributed by atoms with Gasteiger partial charge in [-0.2, -0.15) is 18.2 Å². The third-order valence-electron chi connectivity index (χ3n) is 6.98. The topological polar surface area (TPSA) is 57.8 Å². The largest absolute Gasteiger partial charge is 0.492 e. The molecule has 37 heavy (non-hydrogen) atoms. The Morgan fingerprint density at radius 3 is 2.59 bits per heavy atom. The molecule has 202 valence electrons. The van der Waals surface area contributed by atoms with Gasteiger partial charge < -0.3 is 9.47 Å². The molecule has 9 heteroatoms. The van der Waals surface area contributed by atoms with E-state index in [4.69, 9.17) is 9.47 Å². The standard InChI is InChI=1S/C28H36F3N3O3/c1-27(2,3)24-17-25(34(33(24)4)18-21-10-7-14-36-21)32-26(35)22-16-20(28(29,30)31)11-12-23(22)37-15-13-19-8-5-6-9-19/h8,11-12,16-17,21H,5-7,9-10,13-15,18H2,1-4H3/t21-/m1/s1. The average Bonchev–Trinajstić information content (AvgIpc) is 3.57. The van der Waals surface area contributed by atoms with Gasteiger partial charge in [-0.15, -0.1) is 0 Å². The number of halogens is 3. The molecule has 0 N–H and O–H groups in total. The lowest BCUT2D eigenvalue weighted by Gasteiger charge is -2.21.